The Hall–Kier alpha value is -1.36. The number of nitrogens with zero attached hydrogens (tertiary/aromatic N) is 3. The Morgan fingerprint density at radius 1 is 1.16 bits per heavy atom. The minimum atomic E-state index is 0.161. The smallest absolute Gasteiger partial charge is 0.219 e. The van der Waals surface area contributed by atoms with Crippen LogP contribution in [0.25, 0.3) is 0 Å². The fraction of sp³-hybridized carbons (Fsp3) is 0.800. The molecular formula is C20H35N3O2. The van der Waals surface area contributed by atoms with E-state index >= 15 is 0 Å². The van der Waals surface area contributed by atoms with Crippen LogP contribution in [-0.2, 0) is 9.59 Å². The number of allylic oxidation sites excluding steroid dienone is 2. The van der Waals surface area contributed by atoms with Crippen LogP contribution in [0.5, 0.6) is 0 Å². The van der Waals surface area contributed by atoms with Crippen LogP contribution in [0.3, 0.4) is 0 Å². The quantitative estimate of drug-likeness (QED) is 0.715. The lowest BCUT2D eigenvalue weighted by atomic mass is 9.75. The zero-order valence-corrected chi connectivity index (χ0v) is 16.6. The average Bonchev–Trinajstić information content (AvgIpc) is 2.53. The second-order valence-corrected chi connectivity index (χ2v) is 8.03. The summed E-state index contributed by atoms with van der Waals surface area (Å²) in [5.41, 5.74) is 1.48. The molecule has 0 aromatic carbocycles. The zero-order valence-electron chi connectivity index (χ0n) is 16.6. The molecule has 1 saturated heterocycles. The van der Waals surface area contributed by atoms with Gasteiger partial charge in [0.15, 0.2) is 0 Å². The Balaban J connectivity index is 1.85. The molecule has 0 unspecified atom stereocenters. The van der Waals surface area contributed by atoms with Gasteiger partial charge in [-0.3, -0.25) is 14.5 Å². The van der Waals surface area contributed by atoms with E-state index in [4.69, 9.17) is 0 Å². The highest BCUT2D eigenvalue weighted by atomic mass is 16.2. The highest BCUT2D eigenvalue weighted by molar-refractivity contribution is 5.73. The molecule has 1 aliphatic heterocycles. The van der Waals surface area contributed by atoms with E-state index in [0.717, 1.165) is 52.2 Å². The van der Waals surface area contributed by atoms with E-state index in [1.165, 1.54) is 5.57 Å². The maximum atomic E-state index is 12.1. The van der Waals surface area contributed by atoms with Crippen molar-refractivity contribution >= 4 is 11.8 Å². The van der Waals surface area contributed by atoms with Gasteiger partial charge < -0.3 is 9.80 Å². The first-order valence-electron chi connectivity index (χ1n) is 9.68. The average molecular weight is 350 g/mol. The van der Waals surface area contributed by atoms with Crippen LogP contribution < -0.4 is 0 Å². The molecular weight excluding hydrogens is 314 g/mol. The van der Waals surface area contributed by atoms with E-state index < -0.39 is 0 Å². The van der Waals surface area contributed by atoms with Crippen LogP contribution in [0.2, 0.25) is 0 Å². The number of hydrogen-bond donors (Lipinski definition) is 0. The Morgan fingerprint density at radius 2 is 1.80 bits per heavy atom. The van der Waals surface area contributed by atoms with Crippen molar-refractivity contribution in [1.29, 1.82) is 0 Å². The number of hydrogen-bond acceptors (Lipinski definition) is 3. The summed E-state index contributed by atoms with van der Waals surface area (Å²) in [6.45, 7) is 16.1. The van der Waals surface area contributed by atoms with E-state index in [-0.39, 0.29) is 11.8 Å². The van der Waals surface area contributed by atoms with Gasteiger partial charge in [-0.2, -0.15) is 0 Å². The normalized spacial score (nSPS) is 27.8. The van der Waals surface area contributed by atoms with Crippen molar-refractivity contribution in [3.8, 4) is 0 Å². The number of carbonyl (C=O) groups excluding carboxylic acids is 2. The molecule has 0 N–H and O–H groups in total. The molecule has 3 atom stereocenters. The summed E-state index contributed by atoms with van der Waals surface area (Å²) < 4.78 is 0. The molecule has 0 aromatic rings. The standard InChI is InChI=1S/C20H35N3O2/c1-15-12-16(2)20(17(3)13-15)14-23(19(5)25)11-8-21-6-9-22(10-7-21)18(4)24/h12,16-17,20H,6-11,13-14H2,1-5H3/t16-,17+,20-/m1/s1. The topological polar surface area (TPSA) is 43.9 Å². The minimum Gasteiger partial charge on any atom is -0.341 e. The van der Waals surface area contributed by atoms with Crippen LogP contribution in [0.1, 0.15) is 41.0 Å². The molecule has 2 aliphatic rings. The molecule has 2 amide bonds. The lowest BCUT2D eigenvalue weighted by molar-refractivity contribution is -0.130. The fourth-order valence-electron chi connectivity index (χ4n) is 4.34. The van der Waals surface area contributed by atoms with Gasteiger partial charge in [0.1, 0.15) is 0 Å². The van der Waals surface area contributed by atoms with Crippen LogP contribution >= 0.6 is 0 Å². The van der Waals surface area contributed by atoms with Gasteiger partial charge in [0.25, 0.3) is 0 Å². The summed E-state index contributed by atoms with van der Waals surface area (Å²) >= 11 is 0. The molecule has 0 bridgehead atoms. The van der Waals surface area contributed by atoms with E-state index in [9.17, 15) is 9.59 Å². The molecule has 0 aromatic heterocycles. The summed E-state index contributed by atoms with van der Waals surface area (Å²) in [5.74, 6) is 2.04. The maximum Gasteiger partial charge on any atom is 0.219 e. The van der Waals surface area contributed by atoms with E-state index in [2.05, 4.69) is 31.7 Å². The Bertz CT molecular complexity index is 509. The van der Waals surface area contributed by atoms with Crippen molar-refractivity contribution < 1.29 is 9.59 Å². The highest BCUT2D eigenvalue weighted by Gasteiger charge is 2.29. The van der Waals surface area contributed by atoms with Crippen molar-refractivity contribution in [2.24, 2.45) is 17.8 Å². The third kappa shape index (κ3) is 5.56. The number of carbonyl (C=O) groups is 2. The second-order valence-electron chi connectivity index (χ2n) is 8.03. The minimum absolute atomic E-state index is 0.161. The fourth-order valence-corrected chi connectivity index (χ4v) is 4.34. The molecule has 2 rings (SSSR count). The molecule has 1 fully saturated rings. The van der Waals surface area contributed by atoms with Crippen molar-refractivity contribution in [3.05, 3.63) is 11.6 Å². The first kappa shape index (κ1) is 20.0. The molecule has 0 spiro atoms. The third-order valence-corrected chi connectivity index (χ3v) is 5.98. The van der Waals surface area contributed by atoms with Gasteiger partial charge in [0, 0.05) is 59.7 Å². The van der Waals surface area contributed by atoms with Gasteiger partial charge in [-0.05, 0) is 31.1 Å². The van der Waals surface area contributed by atoms with Gasteiger partial charge in [0.2, 0.25) is 11.8 Å². The van der Waals surface area contributed by atoms with Crippen LogP contribution in [0.15, 0.2) is 11.6 Å². The number of rotatable bonds is 5. The first-order chi connectivity index (χ1) is 11.8. The van der Waals surface area contributed by atoms with Crippen molar-refractivity contribution in [1.82, 2.24) is 14.7 Å². The van der Waals surface area contributed by atoms with E-state index in [1.807, 2.05) is 9.80 Å². The third-order valence-electron chi connectivity index (χ3n) is 5.98. The molecule has 5 heteroatoms. The molecule has 0 saturated carbocycles. The van der Waals surface area contributed by atoms with Gasteiger partial charge in [-0.25, -0.2) is 0 Å². The van der Waals surface area contributed by atoms with Gasteiger partial charge >= 0.3 is 0 Å². The molecule has 5 nitrogen and oxygen atoms in total. The van der Waals surface area contributed by atoms with E-state index in [0.29, 0.717) is 17.8 Å². The summed E-state index contributed by atoms with van der Waals surface area (Å²) in [4.78, 5) is 29.9. The Morgan fingerprint density at radius 3 is 2.32 bits per heavy atom. The van der Waals surface area contributed by atoms with Crippen molar-refractivity contribution in [2.75, 3.05) is 45.8 Å². The Labute approximate surface area is 153 Å². The highest BCUT2D eigenvalue weighted by Crippen LogP contribution is 2.34. The monoisotopic (exact) mass is 349 g/mol. The van der Waals surface area contributed by atoms with E-state index in [1.54, 1.807) is 13.8 Å². The summed E-state index contributed by atoms with van der Waals surface area (Å²) in [6, 6.07) is 0. The number of piperazine rings is 1. The SMILES string of the molecule is CC(=O)N1CCN(CCN(C[C@@H]2[C@H](C)C=C(C)C[C@@H]2C)C(C)=O)CC1. The number of amides is 2. The Kier molecular flexibility index (Phi) is 7.05. The van der Waals surface area contributed by atoms with Crippen molar-refractivity contribution in [2.45, 2.75) is 41.0 Å². The van der Waals surface area contributed by atoms with Gasteiger partial charge in [-0.15, -0.1) is 0 Å². The summed E-state index contributed by atoms with van der Waals surface area (Å²) in [6.07, 6.45) is 3.53. The molecule has 1 heterocycles. The molecule has 25 heavy (non-hydrogen) atoms. The van der Waals surface area contributed by atoms with Crippen molar-refractivity contribution in [3.63, 3.8) is 0 Å². The first-order valence-corrected chi connectivity index (χ1v) is 9.68. The van der Waals surface area contributed by atoms with Gasteiger partial charge in [0.05, 0.1) is 0 Å². The second kappa shape index (κ2) is 8.84. The molecule has 142 valence electrons. The largest absolute Gasteiger partial charge is 0.341 e. The predicted molar refractivity (Wildman–Crippen MR) is 101 cm³/mol. The van der Waals surface area contributed by atoms with Gasteiger partial charge in [-0.1, -0.05) is 25.5 Å². The van der Waals surface area contributed by atoms with Crippen LogP contribution in [0.4, 0.5) is 0 Å². The molecule has 1 aliphatic carbocycles. The van der Waals surface area contributed by atoms with Crippen LogP contribution in [0, 0.1) is 17.8 Å². The predicted octanol–water partition coefficient (Wildman–Crippen LogP) is 2.24. The van der Waals surface area contributed by atoms with Crippen LogP contribution in [-0.4, -0.2) is 72.3 Å². The maximum absolute atomic E-state index is 12.1. The lowest BCUT2D eigenvalue weighted by Gasteiger charge is -2.38. The summed E-state index contributed by atoms with van der Waals surface area (Å²) in [5, 5.41) is 0. The summed E-state index contributed by atoms with van der Waals surface area (Å²) in [7, 11) is 0. The lowest BCUT2D eigenvalue weighted by Crippen LogP contribution is -2.50. The zero-order chi connectivity index (χ0) is 18.6. The molecule has 0 radical (unpaired) electrons.